The van der Waals surface area contributed by atoms with Gasteiger partial charge in [0.1, 0.15) is 0 Å². The minimum absolute atomic E-state index is 0.795. The average molecular weight is 223 g/mol. The zero-order valence-electron chi connectivity index (χ0n) is 11.4. The van der Waals surface area contributed by atoms with Gasteiger partial charge in [-0.05, 0) is 55.5 Å². The normalized spacial score (nSPS) is 38.2. The van der Waals surface area contributed by atoms with Crippen molar-refractivity contribution in [3.05, 3.63) is 0 Å². The van der Waals surface area contributed by atoms with Gasteiger partial charge in [0.2, 0.25) is 0 Å². The molecule has 2 saturated carbocycles. The zero-order chi connectivity index (χ0) is 11.6. The van der Waals surface area contributed by atoms with E-state index in [9.17, 15) is 0 Å². The molecule has 94 valence electrons. The molecule has 2 fully saturated rings. The van der Waals surface area contributed by atoms with Crippen LogP contribution in [0.5, 0.6) is 0 Å². The first-order valence-electron chi connectivity index (χ1n) is 7.37. The standard InChI is InChI=1S/C15H29N/c1-4-13-6-5-7-15(8-13)9-14(15)11-16-10-12(2)3/h12-14,16H,4-11H2,1-3H3. The van der Waals surface area contributed by atoms with E-state index in [0.717, 1.165) is 23.2 Å². The molecule has 0 saturated heterocycles. The molecule has 2 rings (SSSR count). The van der Waals surface area contributed by atoms with E-state index in [1.165, 1.54) is 51.6 Å². The second kappa shape index (κ2) is 5.08. The van der Waals surface area contributed by atoms with Gasteiger partial charge in [0, 0.05) is 0 Å². The minimum Gasteiger partial charge on any atom is -0.316 e. The summed E-state index contributed by atoms with van der Waals surface area (Å²) in [7, 11) is 0. The molecule has 3 unspecified atom stereocenters. The van der Waals surface area contributed by atoms with E-state index in [-0.39, 0.29) is 0 Å². The number of hydrogen-bond acceptors (Lipinski definition) is 1. The van der Waals surface area contributed by atoms with Crippen LogP contribution in [0, 0.1) is 23.2 Å². The van der Waals surface area contributed by atoms with E-state index in [0.29, 0.717) is 0 Å². The highest BCUT2D eigenvalue weighted by molar-refractivity contribution is 5.05. The summed E-state index contributed by atoms with van der Waals surface area (Å²) < 4.78 is 0. The van der Waals surface area contributed by atoms with Crippen LogP contribution in [0.25, 0.3) is 0 Å². The van der Waals surface area contributed by atoms with Crippen molar-refractivity contribution in [1.82, 2.24) is 5.32 Å². The lowest BCUT2D eigenvalue weighted by atomic mass is 9.76. The molecule has 0 aliphatic heterocycles. The molecular formula is C15H29N. The van der Waals surface area contributed by atoms with Gasteiger partial charge in [0.25, 0.3) is 0 Å². The van der Waals surface area contributed by atoms with Crippen LogP contribution < -0.4 is 5.32 Å². The molecule has 2 aliphatic carbocycles. The van der Waals surface area contributed by atoms with Crippen molar-refractivity contribution in [1.29, 1.82) is 0 Å². The fourth-order valence-electron chi connectivity index (χ4n) is 3.69. The predicted octanol–water partition coefficient (Wildman–Crippen LogP) is 3.84. The summed E-state index contributed by atoms with van der Waals surface area (Å²) >= 11 is 0. The number of rotatable bonds is 5. The Labute approximate surface area is 101 Å². The molecule has 1 nitrogen and oxygen atoms in total. The summed E-state index contributed by atoms with van der Waals surface area (Å²) in [6.45, 7) is 9.45. The van der Waals surface area contributed by atoms with E-state index in [2.05, 4.69) is 26.1 Å². The lowest BCUT2D eigenvalue weighted by Crippen LogP contribution is -2.26. The quantitative estimate of drug-likeness (QED) is 0.747. The Kier molecular flexibility index (Phi) is 3.94. The lowest BCUT2D eigenvalue weighted by Gasteiger charge is -2.29. The van der Waals surface area contributed by atoms with Crippen LogP contribution in [0.3, 0.4) is 0 Å². The Morgan fingerprint density at radius 3 is 2.81 bits per heavy atom. The molecule has 0 bridgehead atoms. The molecule has 0 amide bonds. The molecule has 0 aromatic carbocycles. The van der Waals surface area contributed by atoms with Gasteiger partial charge in [-0.25, -0.2) is 0 Å². The highest BCUT2D eigenvalue weighted by Gasteiger charge is 2.54. The predicted molar refractivity (Wildman–Crippen MR) is 70.5 cm³/mol. The molecule has 2 aliphatic rings. The Balaban J connectivity index is 1.71. The van der Waals surface area contributed by atoms with Crippen molar-refractivity contribution in [2.75, 3.05) is 13.1 Å². The van der Waals surface area contributed by atoms with Gasteiger partial charge >= 0.3 is 0 Å². The maximum Gasteiger partial charge on any atom is -0.00149 e. The summed E-state index contributed by atoms with van der Waals surface area (Å²) in [5.41, 5.74) is 0.795. The van der Waals surface area contributed by atoms with E-state index in [1.54, 1.807) is 0 Å². The van der Waals surface area contributed by atoms with Crippen molar-refractivity contribution >= 4 is 0 Å². The smallest absolute Gasteiger partial charge is 0.00149 e. The SMILES string of the molecule is CCC1CCCC2(C1)CC2CNCC(C)C. The molecule has 1 N–H and O–H groups in total. The van der Waals surface area contributed by atoms with Crippen LogP contribution in [-0.4, -0.2) is 13.1 Å². The van der Waals surface area contributed by atoms with E-state index in [1.807, 2.05) is 0 Å². The topological polar surface area (TPSA) is 12.0 Å². The first-order chi connectivity index (χ1) is 7.66. The molecule has 0 heterocycles. The van der Waals surface area contributed by atoms with Crippen molar-refractivity contribution in [2.24, 2.45) is 23.2 Å². The monoisotopic (exact) mass is 223 g/mol. The first kappa shape index (κ1) is 12.4. The van der Waals surface area contributed by atoms with Gasteiger partial charge in [-0.15, -0.1) is 0 Å². The summed E-state index contributed by atoms with van der Waals surface area (Å²) in [4.78, 5) is 0. The maximum atomic E-state index is 3.65. The highest BCUT2D eigenvalue weighted by atomic mass is 14.9. The third-order valence-corrected chi connectivity index (χ3v) is 4.86. The molecule has 0 aromatic heterocycles. The van der Waals surface area contributed by atoms with E-state index >= 15 is 0 Å². The maximum absolute atomic E-state index is 3.65. The van der Waals surface area contributed by atoms with Crippen molar-refractivity contribution < 1.29 is 0 Å². The summed E-state index contributed by atoms with van der Waals surface area (Å²) in [6.07, 6.45) is 9.00. The molecule has 0 radical (unpaired) electrons. The Bertz CT molecular complexity index is 223. The molecule has 0 aromatic rings. The summed E-state index contributed by atoms with van der Waals surface area (Å²) in [5.74, 6) is 2.86. The molecular weight excluding hydrogens is 194 g/mol. The van der Waals surface area contributed by atoms with E-state index in [4.69, 9.17) is 0 Å². The third-order valence-electron chi connectivity index (χ3n) is 4.86. The fourth-order valence-corrected chi connectivity index (χ4v) is 3.69. The first-order valence-corrected chi connectivity index (χ1v) is 7.37. The summed E-state index contributed by atoms with van der Waals surface area (Å²) in [6, 6.07) is 0. The minimum atomic E-state index is 0.795. The van der Waals surface area contributed by atoms with Crippen molar-refractivity contribution in [2.45, 2.75) is 59.3 Å². The van der Waals surface area contributed by atoms with E-state index < -0.39 is 0 Å². The van der Waals surface area contributed by atoms with Crippen LogP contribution >= 0.6 is 0 Å². The van der Waals surface area contributed by atoms with Gasteiger partial charge in [-0.1, -0.05) is 40.0 Å². The largest absolute Gasteiger partial charge is 0.316 e. The van der Waals surface area contributed by atoms with Crippen molar-refractivity contribution in [3.63, 3.8) is 0 Å². The number of hydrogen-bond donors (Lipinski definition) is 1. The Hall–Kier alpha value is -0.0400. The highest BCUT2D eigenvalue weighted by Crippen LogP contribution is 2.62. The van der Waals surface area contributed by atoms with Crippen LogP contribution in [0.4, 0.5) is 0 Å². The second-order valence-electron chi connectivity index (χ2n) is 6.69. The van der Waals surface area contributed by atoms with Gasteiger partial charge in [0.05, 0.1) is 0 Å². The van der Waals surface area contributed by atoms with Gasteiger partial charge in [-0.3, -0.25) is 0 Å². The number of nitrogens with one attached hydrogen (secondary N) is 1. The Morgan fingerprint density at radius 2 is 2.12 bits per heavy atom. The van der Waals surface area contributed by atoms with Crippen LogP contribution in [0.15, 0.2) is 0 Å². The fraction of sp³-hybridized carbons (Fsp3) is 1.00. The molecule has 16 heavy (non-hydrogen) atoms. The lowest BCUT2D eigenvalue weighted by molar-refractivity contribution is 0.222. The summed E-state index contributed by atoms with van der Waals surface area (Å²) in [5, 5.41) is 3.65. The second-order valence-corrected chi connectivity index (χ2v) is 6.69. The van der Waals surface area contributed by atoms with Crippen LogP contribution in [0.2, 0.25) is 0 Å². The van der Waals surface area contributed by atoms with Crippen LogP contribution in [0.1, 0.15) is 59.3 Å². The van der Waals surface area contributed by atoms with Crippen LogP contribution in [-0.2, 0) is 0 Å². The molecule has 1 spiro atoms. The third kappa shape index (κ3) is 2.80. The average Bonchev–Trinajstić information content (AvgIpc) is 2.90. The van der Waals surface area contributed by atoms with Crippen molar-refractivity contribution in [3.8, 4) is 0 Å². The zero-order valence-corrected chi connectivity index (χ0v) is 11.4. The van der Waals surface area contributed by atoms with Gasteiger partial charge in [0.15, 0.2) is 0 Å². The van der Waals surface area contributed by atoms with Gasteiger partial charge in [-0.2, -0.15) is 0 Å². The Morgan fingerprint density at radius 1 is 1.31 bits per heavy atom. The molecule has 3 atom stereocenters. The van der Waals surface area contributed by atoms with Gasteiger partial charge < -0.3 is 5.32 Å². The molecule has 1 heteroatoms.